The van der Waals surface area contributed by atoms with E-state index in [-0.39, 0.29) is 5.78 Å². The maximum absolute atomic E-state index is 12.5. The van der Waals surface area contributed by atoms with E-state index in [9.17, 15) is 14.7 Å². The van der Waals surface area contributed by atoms with Crippen molar-refractivity contribution in [3.05, 3.63) is 0 Å². The van der Waals surface area contributed by atoms with Crippen molar-refractivity contribution in [2.75, 3.05) is 0 Å². The SMILES string of the molecule is CCCCCCCCC(C(=O)CCCCCCC)C(=O)OC(O)CC. The number of aliphatic hydroxyl groups is 1. The van der Waals surface area contributed by atoms with Gasteiger partial charge < -0.3 is 9.84 Å². The number of Topliss-reactive ketones (excluding diaryl/α,β-unsaturated/α-hetero) is 1. The van der Waals surface area contributed by atoms with Gasteiger partial charge in [-0.2, -0.15) is 0 Å². The van der Waals surface area contributed by atoms with Crippen LogP contribution in [-0.4, -0.2) is 23.1 Å². The summed E-state index contributed by atoms with van der Waals surface area (Å²) in [5.74, 6) is -1.25. The minimum atomic E-state index is -1.10. The number of esters is 1. The molecule has 0 heterocycles. The summed E-state index contributed by atoms with van der Waals surface area (Å²) < 4.78 is 5.02. The lowest BCUT2D eigenvalue weighted by molar-refractivity contribution is -0.174. The standard InChI is InChI=1S/C21H40O4/c1-4-7-9-11-13-14-16-18(21(24)25-20(23)6-3)19(22)17-15-12-10-8-5-2/h18,20,23H,4-17H2,1-3H3. The van der Waals surface area contributed by atoms with Crippen molar-refractivity contribution in [3.8, 4) is 0 Å². The predicted molar refractivity (Wildman–Crippen MR) is 102 cm³/mol. The quantitative estimate of drug-likeness (QED) is 0.160. The van der Waals surface area contributed by atoms with Gasteiger partial charge in [0.05, 0.1) is 0 Å². The number of unbranched alkanes of at least 4 members (excludes halogenated alkanes) is 9. The van der Waals surface area contributed by atoms with Crippen LogP contribution in [0.4, 0.5) is 0 Å². The Morgan fingerprint density at radius 1 is 0.800 bits per heavy atom. The number of rotatable bonds is 17. The van der Waals surface area contributed by atoms with Crippen molar-refractivity contribution in [2.24, 2.45) is 5.92 Å². The third-order valence-corrected chi connectivity index (χ3v) is 4.65. The van der Waals surface area contributed by atoms with E-state index in [4.69, 9.17) is 4.74 Å². The molecule has 0 amide bonds. The molecule has 0 aromatic carbocycles. The Morgan fingerprint density at radius 3 is 1.88 bits per heavy atom. The van der Waals surface area contributed by atoms with Crippen molar-refractivity contribution in [1.82, 2.24) is 0 Å². The van der Waals surface area contributed by atoms with Crippen molar-refractivity contribution < 1.29 is 19.4 Å². The molecule has 0 aromatic heterocycles. The third-order valence-electron chi connectivity index (χ3n) is 4.65. The summed E-state index contributed by atoms with van der Waals surface area (Å²) in [5.41, 5.74) is 0. The maximum atomic E-state index is 12.5. The van der Waals surface area contributed by atoms with Gasteiger partial charge in [-0.3, -0.25) is 9.59 Å². The fourth-order valence-corrected chi connectivity index (χ4v) is 2.92. The Hall–Kier alpha value is -0.900. The number of ketones is 1. The number of aliphatic hydroxyl groups excluding tert-OH is 1. The van der Waals surface area contributed by atoms with Gasteiger partial charge in [-0.1, -0.05) is 85.0 Å². The molecule has 25 heavy (non-hydrogen) atoms. The van der Waals surface area contributed by atoms with E-state index in [1.807, 2.05) is 0 Å². The molecule has 0 rings (SSSR count). The average Bonchev–Trinajstić information content (AvgIpc) is 2.60. The summed E-state index contributed by atoms with van der Waals surface area (Å²) in [4.78, 5) is 24.7. The molecule has 0 radical (unpaired) electrons. The predicted octanol–water partition coefficient (Wildman–Crippen LogP) is 5.55. The van der Waals surface area contributed by atoms with Crippen LogP contribution < -0.4 is 0 Å². The smallest absolute Gasteiger partial charge is 0.318 e. The number of hydrogen-bond donors (Lipinski definition) is 1. The van der Waals surface area contributed by atoms with Crippen LogP contribution in [0.15, 0.2) is 0 Å². The van der Waals surface area contributed by atoms with E-state index >= 15 is 0 Å². The van der Waals surface area contributed by atoms with Gasteiger partial charge in [0.15, 0.2) is 6.29 Å². The highest BCUT2D eigenvalue weighted by molar-refractivity contribution is 5.98. The van der Waals surface area contributed by atoms with Crippen LogP contribution in [0.1, 0.15) is 111 Å². The summed E-state index contributed by atoms with van der Waals surface area (Å²) in [6.07, 6.45) is 12.4. The second-order valence-corrected chi connectivity index (χ2v) is 7.04. The van der Waals surface area contributed by atoms with E-state index in [0.29, 0.717) is 19.3 Å². The first-order valence-corrected chi connectivity index (χ1v) is 10.5. The van der Waals surface area contributed by atoms with Gasteiger partial charge in [0.2, 0.25) is 0 Å². The lowest BCUT2D eigenvalue weighted by Gasteiger charge is -2.17. The Morgan fingerprint density at radius 2 is 1.32 bits per heavy atom. The molecule has 4 heteroatoms. The number of carbonyl (C=O) groups is 2. The van der Waals surface area contributed by atoms with Gasteiger partial charge >= 0.3 is 5.97 Å². The first-order chi connectivity index (χ1) is 12.1. The van der Waals surface area contributed by atoms with Crippen LogP contribution in [0.3, 0.4) is 0 Å². The molecule has 0 saturated carbocycles. The van der Waals surface area contributed by atoms with Gasteiger partial charge in [-0.05, 0) is 12.8 Å². The minimum Gasteiger partial charge on any atom is -0.435 e. The molecule has 0 fully saturated rings. The number of hydrogen-bond acceptors (Lipinski definition) is 4. The zero-order valence-electron chi connectivity index (χ0n) is 16.7. The van der Waals surface area contributed by atoms with Crippen LogP contribution in [0.25, 0.3) is 0 Å². The molecule has 0 bridgehead atoms. The molecule has 0 aliphatic carbocycles. The van der Waals surface area contributed by atoms with E-state index in [2.05, 4.69) is 13.8 Å². The van der Waals surface area contributed by atoms with Crippen LogP contribution >= 0.6 is 0 Å². The van der Waals surface area contributed by atoms with Crippen molar-refractivity contribution in [1.29, 1.82) is 0 Å². The van der Waals surface area contributed by atoms with Crippen LogP contribution in [0.2, 0.25) is 0 Å². The van der Waals surface area contributed by atoms with Crippen LogP contribution in [0.5, 0.6) is 0 Å². The van der Waals surface area contributed by atoms with Crippen molar-refractivity contribution >= 4 is 11.8 Å². The molecule has 0 spiro atoms. The normalized spacial score (nSPS) is 13.4. The van der Waals surface area contributed by atoms with Gasteiger partial charge in [0.25, 0.3) is 0 Å². The zero-order chi connectivity index (χ0) is 18.9. The molecular weight excluding hydrogens is 316 g/mol. The maximum Gasteiger partial charge on any atom is 0.318 e. The highest BCUT2D eigenvalue weighted by Crippen LogP contribution is 2.19. The monoisotopic (exact) mass is 356 g/mol. The molecule has 0 saturated heterocycles. The Labute approximate surface area is 154 Å². The van der Waals surface area contributed by atoms with E-state index in [1.54, 1.807) is 6.92 Å². The summed E-state index contributed by atoms with van der Waals surface area (Å²) in [6, 6.07) is 0. The Bertz CT molecular complexity index is 341. The highest BCUT2D eigenvalue weighted by Gasteiger charge is 2.28. The third kappa shape index (κ3) is 13.0. The van der Waals surface area contributed by atoms with Crippen molar-refractivity contribution in [3.63, 3.8) is 0 Å². The Kier molecular flexibility index (Phi) is 16.0. The number of carbonyl (C=O) groups excluding carboxylic acids is 2. The number of ether oxygens (including phenoxy) is 1. The molecule has 4 nitrogen and oxygen atoms in total. The average molecular weight is 357 g/mol. The highest BCUT2D eigenvalue weighted by atomic mass is 16.6. The fraction of sp³-hybridized carbons (Fsp3) is 0.905. The van der Waals surface area contributed by atoms with Crippen molar-refractivity contribution in [2.45, 2.75) is 117 Å². The zero-order valence-corrected chi connectivity index (χ0v) is 16.7. The van der Waals surface area contributed by atoms with E-state index in [0.717, 1.165) is 38.5 Å². The van der Waals surface area contributed by atoms with Gasteiger partial charge in [0.1, 0.15) is 11.7 Å². The molecule has 0 aliphatic heterocycles. The second kappa shape index (κ2) is 16.6. The summed E-state index contributed by atoms with van der Waals surface area (Å²) in [5, 5.41) is 9.55. The molecule has 0 aromatic rings. The van der Waals surface area contributed by atoms with Crippen LogP contribution in [0, 0.1) is 5.92 Å². The fourth-order valence-electron chi connectivity index (χ4n) is 2.92. The first-order valence-electron chi connectivity index (χ1n) is 10.5. The lowest BCUT2D eigenvalue weighted by Crippen LogP contribution is -2.29. The van der Waals surface area contributed by atoms with E-state index < -0.39 is 18.2 Å². The topological polar surface area (TPSA) is 63.6 Å². The molecule has 148 valence electrons. The summed E-state index contributed by atoms with van der Waals surface area (Å²) in [7, 11) is 0. The molecule has 2 atom stereocenters. The second-order valence-electron chi connectivity index (χ2n) is 7.04. The Balaban J connectivity index is 4.35. The largest absolute Gasteiger partial charge is 0.435 e. The van der Waals surface area contributed by atoms with Crippen LogP contribution in [-0.2, 0) is 14.3 Å². The van der Waals surface area contributed by atoms with E-state index in [1.165, 1.54) is 32.1 Å². The molecular formula is C21H40O4. The summed E-state index contributed by atoms with van der Waals surface area (Å²) >= 11 is 0. The van der Waals surface area contributed by atoms with Gasteiger partial charge in [-0.15, -0.1) is 0 Å². The summed E-state index contributed by atoms with van der Waals surface area (Å²) in [6.45, 7) is 6.09. The van der Waals surface area contributed by atoms with Gasteiger partial charge in [-0.25, -0.2) is 0 Å². The molecule has 0 aliphatic rings. The minimum absolute atomic E-state index is 0.0154. The first kappa shape index (κ1) is 24.1. The molecule has 2 unspecified atom stereocenters. The van der Waals surface area contributed by atoms with Gasteiger partial charge in [0, 0.05) is 12.8 Å². The molecule has 1 N–H and O–H groups in total. The lowest BCUT2D eigenvalue weighted by atomic mass is 9.93.